The van der Waals surface area contributed by atoms with E-state index < -0.39 is 17.3 Å². The Labute approximate surface area is 99.8 Å². The molecule has 0 bridgehead atoms. The van der Waals surface area contributed by atoms with E-state index in [1.165, 1.54) is 0 Å². The molecular weight excluding hydrogens is 224 g/mol. The van der Waals surface area contributed by atoms with Crippen LogP contribution in [0.2, 0.25) is 0 Å². The lowest BCUT2D eigenvalue weighted by Gasteiger charge is -2.36. The summed E-state index contributed by atoms with van der Waals surface area (Å²) in [7, 11) is 0. The largest absolute Gasteiger partial charge is 0.480 e. The number of hydrogen-bond donors (Lipinski definition) is 2. The van der Waals surface area contributed by atoms with Crippen LogP contribution in [0.15, 0.2) is 0 Å². The number of likely N-dealkylation sites (tertiary alicyclic amines) is 1. The maximum Gasteiger partial charge on any atom is 0.319 e. The first kappa shape index (κ1) is 13.5. The van der Waals surface area contributed by atoms with E-state index in [1.54, 1.807) is 4.90 Å². The van der Waals surface area contributed by atoms with Crippen LogP contribution in [0.5, 0.6) is 0 Å². The number of carboxylic acid groups (broad SMARTS) is 1. The fourth-order valence-electron chi connectivity index (χ4n) is 2.08. The van der Waals surface area contributed by atoms with E-state index >= 15 is 0 Å². The van der Waals surface area contributed by atoms with Crippen molar-refractivity contribution in [3.63, 3.8) is 0 Å². The van der Waals surface area contributed by atoms with Crippen LogP contribution in [-0.4, -0.2) is 40.9 Å². The maximum absolute atomic E-state index is 11.6. The van der Waals surface area contributed by atoms with E-state index in [9.17, 15) is 14.4 Å². The molecule has 17 heavy (non-hydrogen) atoms. The molecule has 0 atom stereocenters. The van der Waals surface area contributed by atoms with Gasteiger partial charge in [-0.05, 0) is 19.3 Å². The average Bonchev–Trinajstić information content (AvgIpc) is 2.28. The van der Waals surface area contributed by atoms with Crippen molar-refractivity contribution in [2.45, 2.75) is 32.6 Å². The highest BCUT2D eigenvalue weighted by Crippen LogP contribution is 2.31. The molecule has 2 amide bonds. The lowest BCUT2D eigenvalue weighted by molar-refractivity contribution is -0.160. The molecule has 0 spiro atoms. The third-order valence-corrected chi connectivity index (χ3v) is 3.31. The lowest BCUT2D eigenvalue weighted by atomic mass is 9.77. The summed E-state index contributed by atoms with van der Waals surface area (Å²) in [6.07, 6.45) is 1.42. The number of piperidine rings is 1. The predicted molar refractivity (Wildman–Crippen MR) is 60.0 cm³/mol. The molecule has 0 aromatic heterocycles. The second-order valence-electron chi connectivity index (χ2n) is 4.38. The molecule has 1 rings (SSSR count). The van der Waals surface area contributed by atoms with E-state index in [1.807, 2.05) is 6.92 Å². The van der Waals surface area contributed by atoms with E-state index in [0.717, 1.165) is 6.42 Å². The number of amides is 2. The van der Waals surface area contributed by atoms with Gasteiger partial charge in [0, 0.05) is 19.5 Å². The normalized spacial score (nSPS) is 18.8. The second kappa shape index (κ2) is 5.16. The van der Waals surface area contributed by atoms with Gasteiger partial charge in [-0.3, -0.25) is 14.4 Å². The molecule has 0 aromatic rings. The minimum absolute atomic E-state index is 0.0101. The zero-order valence-corrected chi connectivity index (χ0v) is 9.94. The smallest absolute Gasteiger partial charge is 0.319 e. The Morgan fingerprint density at radius 3 is 2.18 bits per heavy atom. The van der Waals surface area contributed by atoms with Crippen LogP contribution >= 0.6 is 0 Å². The van der Waals surface area contributed by atoms with Gasteiger partial charge in [0.15, 0.2) is 0 Å². The molecule has 0 saturated carbocycles. The molecule has 6 nitrogen and oxygen atoms in total. The number of nitrogens with zero attached hydrogens (tertiary/aromatic N) is 1. The monoisotopic (exact) mass is 242 g/mol. The first-order valence-corrected chi connectivity index (χ1v) is 5.75. The highest BCUT2D eigenvalue weighted by molar-refractivity contribution is 6.01. The van der Waals surface area contributed by atoms with Crippen LogP contribution in [0, 0.1) is 5.41 Å². The number of carboxylic acids is 1. The molecule has 96 valence electrons. The van der Waals surface area contributed by atoms with Gasteiger partial charge in [-0.25, -0.2) is 0 Å². The number of hydrogen-bond acceptors (Lipinski definition) is 3. The van der Waals surface area contributed by atoms with Gasteiger partial charge in [-0.15, -0.1) is 0 Å². The summed E-state index contributed by atoms with van der Waals surface area (Å²) in [6.45, 7) is 2.48. The van der Waals surface area contributed by atoms with Crippen molar-refractivity contribution >= 4 is 17.8 Å². The summed E-state index contributed by atoms with van der Waals surface area (Å²) >= 11 is 0. The van der Waals surface area contributed by atoms with Gasteiger partial charge in [0.25, 0.3) is 0 Å². The SMILES string of the molecule is CCCC(=O)N1CCC(C(N)=O)(C(=O)O)CC1. The van der Waals surface area contributed by atoms with Crippen molar-refractivity contribution in [2.24, 2.45) is 11.1 Å². The summed E-state index contributed by atoms with van der Waals surface area (Å²) in [5, 5.41) is 9.08. The van der Waals surface area contributed by atoms with Crippen LogP contribution in [0.4, 0.5) is 0 Å². The summed E-state index contributed by atoms with van der Waals surface area (Å²) in [5.41, 5.74) is 3.66. The summed E-state index contributed by atoms with van der Waals surface area (Å²) in [4.78, 5) is 35.6. The van der Waals surface area contributed by atoms with E-state index in [4.69, 9.17) is 10.8 Å². The van der Waals surface area contributed by atoms with Gasteiger partial charge in [0.05, 0.1) is 0 Å². The van der Waals surface area contributed by atoms with Gasteiger partial charge in [-0.1, -0.05) is 6.92 Å². The third kappa shape index (κ3) is 2.57. The number of aliphatic carboxylic acids is 1. The zero-order chi connectivity index (χ0) is 13.1. The van der Waals surface area contributed by atoms with Crippen LogP contribution in [0.3, 0.4) is 0 Å². The molecule has 1 aliphatic heterocycles. The lowest BCUT2D eigenvalue weighted by Crippen LogP contribution is -2.52. The van der Waals surface area contributed by atoms with Crippen LogP contribution in [0.1, 0.15) is 32.6 Å². The molecule has 0 radical (unpaired) electrons. The topological polar surface area (TPSA) is 101 Å². The number of rotatable bonds is 4. The fraction of sp³-hybridized carbons (Fsp3) is 0.727. The molecule has 0 aliphatic carbocycles. The molecule has 0 aromatic carbocycles. The van der Waals surface area contributed by atoms with Crippen molar-refractivity contribution < 1.29 is 19.5 Å². The molecular formula is C11H18N2O4. The summed E-state index contributed by atoms with van der Waals surface area (Å²) in [5.74, 6) is -1.99. The van der Waals surface area contributed by atoms with Crippen LogP contribution < -0.4 is 5.73 Å². The highest BCUT2D eigenvalue weighted by atomic mass is 16.4. The van der Waals surface area contributed by atoms with Gasteiger partial charge in [0.2, 0.25) is 11.8 Å². The Bertz CT molecular complexity index is 316. The van der Waals surface area contributed by atoms with Gasteiger partial charge >= 0.3 is 5.97 Å². The van der Waals surface area contributed by atoms with E-state index in [2.05, 4.69) is 0 Å². The number of carbonyl (C=O) groups is 3. The van der Waals surface area contributed by atoms with Gasteiger partial charge in [-0.2, -0.15) is 0 Å². The van der Waals surface area contributed by atoms with Crippen LogP contribution in [-0.2, 0) is 14.4 Å². The van der Waals surface area contributed by atoms with Gasteiger partial charge in [0.1, 0.15) is 5.41 Å². The number of nitrogens with two attached hydrogens (primary N) is 1. The van der Waals surface area contributed by atoms with Crippen molar-refractivity contribution in [3.8, 4) is 0 Å². The molecule has 6 heteroatoms. The van der Waals surface area contributed by atoms with Crippen molar-refractivity contribution in [1.82, 2.24) is 4.90 Å². The standard InChI is InChI=1S/C11H18N2O4/c1-2-3-8(14)13-6-4-11(5-7-13,9(12)15)10(16)17/h2-7H2,1H3,(H2,12,15)(H,16,17). The summed E-state index contributed by atoms with van der Waals surface area (Å²) in [6, 6.07) is 0. The Kier molecular flexibility index (Phi) is 4.09. The summed E-state index contributed by atoms with van der Waals surface area (Å²) < 4.78 is 0. The minimum Gasteiger partial charge on any atom is -0.480 e. The zero-order valence-electron chi connectivity index (χ0n) is 9.94. The van der Waals surface area contributed by atoms with Crippen molar-refractivity contribution in [1.29, 1.82) is 0 Å². The quantitative estimate of drug-likeness (QED) is 0.676. The Balaban J connectivity index is 2.68. The molecule has 1 aliphatic rings. The fourth-order valence-corrected chi connectivity index (χ4v) is 2.08. The number of carbonyl (C=O) groups excluding carboxylic acids is 2. The van der Waals surface area contributed by atoms with E-state index in [-0.39, 0.29) is 31.8 Å². The van der Waals surface area contributed by atoms with Crippen LogP contribution in [0.25, 0.3) is 0 Å². The number of primary amides is 1. The Morgan fingerprint density at radius 2 is 1.82 bits per heavy atom. The molecule has 1 fully saturated rings. The maximum atomic E-state index is 11.6. The minimum atomic E-state index is -1.50. The third-order valence-electron chi connectivity index (χ3n) is 3.31. The Hall–Kier alpha value is -1.59. The molecule has 3 N–H and O–H groups in total. The second-order valence-corrected chi connectivity index (χ2v) is 4.38. The van der Waals surface area contributed by atoms with E-state index in [0.29, 0.717) is 6.42 Å². The predicted octanol–water partition coefficient (Wildman–Crippen LogP) is -0.0348. The van der Waals surface area contributed by atoms with Crippen molar-refractivity contribution in [3.05, 3.63) is 0 Å². The molecule has 1 heterocycles. The molecule has 0 unspecified atom stereocenters. The van der Waals surface area contributed by atoms with Crippen molar-refractivity contribution in [2.75, 3.05) is 13.1 Å². The Morgan fingerprint density at radius 1 is 1.29 bits per heavy atom. The average molecular weight is 242 g/mol. The van der Waals surface area contributed by atoms with Gasteiger partial charge < -0.3 is 15.7 Å². The molecule has 1 saturated heterocycles. The highest BCUT2D eigenvalue weighted by Gasteiger charge is 2.47. The first-order chi connectivity index (χ1) is 7.94. The first-order valence-electron chi connectivity index (χ1n) is 5.75.